The first-order valence-electron chi connectivity index (χ1n) is 4.76. The lowest BCUT2D eigenvalue weighted by molar-refractivity contribution is 0.727. The highest BCUT2D eigenvalue weighted by Gasteiger charge is 2.16. The Hall–Kier alpha value is -0.180. The van der Waals surface area contributed by atoms with Gasteiger partial charge in [-0.3, -0.25) is 4.99 Å². The average molecular weight is 186 g/mol. The van der Waals surface area contributed by atoms with Crippen molar-refractivity contribution in [3.63, 3.8) is 0 Å². The maximum atomic E-state index is 5.86. The first kappa shape index (κ1) is 9.90. The fraction of sp³-hybridized carbons (Fsp3) is 0.889. The molecule has 1 aliphatic heterocycles. The van der Waals surface area contributed by atoms with Crippen molar-refractivity contribution in [3.05, 3.63) is 0 Å². The molecule has 0 aromatic heterocycles. The van der Waals surface area contributed by atoms with Crippen LogP contribution in [0.5, 0.6) is 0 Å². The summed E-state index contributed by atoms with van der Waals surface area (Å²) in [6.45, 7) is 3.02. The molecule has 0 bridgehead atoms. The molecule has 0 aliphatic carbocycles. The summed E-state index contributed by atoms with van der Waals surface area (Å²) in [6, 6.07) is 0. The largest absolute Gasteiger partial charge is 0.387 e. The van der Waals surface area contributed by atoms with E-state index in [0.717, 1.165) is 18.8 Å². The number of aliphatic imine (C=N–C) groups is 1. The first-order chi connectivity index (χ1) is 5.84. The van der Waals surface area contributed by atoms with Crippen LogP contribution in [0.15, 0.2) is 4.99 Å². The number of amidine groups is 1. The van der Waals surface area contributed by atoms with Crippen LogP contribution in [-0.2, 0) is 0 Å². The second-order valence-electron chi connectivity index (χ2n) is 3.16. The SMILES string of the molecule is CCCN=C(N)C1CCCCS1. The van der Waals surface area contributed by atoms with Crippen molar-refractivity contribution in [1.29, 1.82) is 0 Å². The number of hydrogen-bond donors (Lipinski definition) is 1. The van der Waals surface area contributed by atoms with Crippen LogP contribution in [0.25, 0.3) is 0 Å². The zero-order valence-electron chi connectivity index (χ0n) is 7.75. The van der Waals surface area contributed by atoms with Gasteiger partial charge in [0.15, 0.2) is 0 Å². The molecule has 0 spiro atoms. The Morgan fingerprint density at radius 2 is 2.42 bits per heavy atom. The third-order valence-corrected chi connectivity index (χ3v) is 3.43. The molecule has 3 heteroatoms. The molecule has 1 aliphatic rings. The summed E-state index contributed by atoms with van der Waals surface area (Å²) < 4.78 is 0. The lowest BCUT2D eigenvalue weighted by atomic mass is 10.2. The fourth-order valence-corrected chi connectivity index (χ4v) is 2.55. The van der Waals surface area contributed by atoms with E-state index < -0.39 is 0 Å². The van der Waals surface area contributed by atoms with Gasteiger partial charge in [0.05, 0.1) is 5.25 Å². The molecule has 12 heavy (non-hydrogen) atoms. The normalized spacial score (nSPS) is 25.8. The van der Waals surface area contributed by atoms with E-state index in [9.17, 15) is 0 Å². The lowest BCUT2D eigenvalue weighted by Gasteiger charge is -2.20. The maximum Gasteiger partial charge on any atom is 0.107 e. The zero-order chi connectivity index (χ0) is 8.81. The molecule has 1 heterocycles. The van der Waals surface area contributed by atoms with Crippen molar-refractivity contribution in [3.8, 4) is 0 Å². The lowest BCUT2D eigenvalue weighted by Crippen LogP contribution is -2.28. The minimum absolute atomic E-state index is 0.519. The van der Waals surface area contributed by atoms with E-state index in [1.165, 1.54) is 25.0 Å². The van der Waals surface area contributed by atoms with Crippen molar-refractivity contribution in [2.45, 2.75) is 37.9 Å². The molecule has 0 saturated carbocycles. The molecule has 1 atom stereocenters. The number of hydrogen-bond acceptors (Lipinski definition) is 2. The fourth-order valence-electron chi connectivity index (χ4n) is 1.32. The Morgan fingerprint density at radius 3 is 3.00 bits per heavy atom. The van der Waals surface area contributed by atoms with Gasteiger partial charge in [-0.25, -0.2) is 0 Å². The van der Waals surface area contributed by atoms with Crippen LogP contribution in [0.4, 0.5) is 0 Å². The first-order valence-corrected chi connectivity index (χ1v) is 5.81. The van der Waals surface area contributed by atoms with Crippen molar-refractivity contribution < 1.29 is 0 Å². The van der Waals surface area contributed by atoms with E-state index in [-0.39, 0.29) is 0 Å². The molecule has 2 N–H and O–H groups in total. The van der Waals surface area contributed by atoms with Crippen LogP contribution in [0.2, 0.25) is 0 Å². The molecule has 1 saturated heterocycles. The summed E-state index contributed by atoms with van der Waals surface area (Å²) in [7, 11) is 0. The second-order valence-corrected chi connectivity index (χ2v) is 4.47. The minimum atomic E-state index is 0.519. The molecule has 1 fully saturated rings. The van der Waals surface area contributed by atoms with E-state index in [2.05, 4.69) is 11.9 Å². The van der Waals surface area contributed by atoms with E-state index >= 15 is 0 Å². The summed E-state index contributed by atoms with van der Waals surface area (Å²) in [5, 5.41) is 0.519. The predicted octanol–water partition coefficient (Wildman–Crippen LogP) is 2.04. The molecule has 1 rings (SSSR count). The summed E-state index contributed by atoms with van der Waals surface area (Å²) in [5.41, 5.74) is 5.86. The summed E-state index contributed by atoms with van der Waals surface area (Å²) in [4.78, 5) is 4.34. The number of thioether (sulfide) groups is 1. The van der Waals surface area contributed by atoms with E-state index in [0.29, 0.717) is 5.25 Å². The Kier molecular flexibility index (Phi) is 4.51. The molecule has 2 nitrogen and oxygen atoms in total. The number of rotatable bonds is 3. The monoisotopic (exact) mass is 186 g/mol. The van der Waals surface area contributed by atoms with Gasteiger partial charge >= 0.3 is 0 Å². The summed E-state index contributed by atoms with van der Waals surface area (Å²) in [6.07, 6.45) is 4.99. The molecule has 0 amide bonds. The summed E-state index contributed by atoms with van der Waals surface area (Å²) >= 11 is 1.97. The van der Waals surface area contributed by atoms with Crippen molar-refractivity contribution in [2.24, 2.45) is 10.7 Å². The highest BCUT2D eigenvalue weighted by molar-refractivity contribution is 8.00. The molecule has 0 aromatic rings. The Bertz CT molecular complexity index is 151. The molecular weight excluding hydrogens is 168 g/mol. The summed E-state index contributed by atoms with van der Waals surface area (Å²) in [5.74, 6) is 2.13. The zero-order valence-corrected chi connectivity index (χ0v) is 8.57. The number of nitrogens with two attached hydrogens (primary N) is 1. The Morgan fingerprint density at radius 1 is 1.58 bits per heavy atom. The second kappa shape index (κ2) is 5.46. The molecule has 70 valence electrons. The van der Waals surface area contributed by atoms with Gasteiger partial charge in [0.2, 0.25) is 0 Å². The van der Waals surface area contributed by atoms with Gasteiger partial charge in [-0.05, 0) is 25.0 Å². The Balaban J connectivity index is 2.33. The van der Waals surface area contributed by atoms with Gasteiger partial charge in [-0.2, -0.15) is 11.8 Å². The van der Waals surface area contributed by atoms with Gasteiger partial charge in [0.1, 0.15) is 5.84 Å². The van der Waals surface area contributed by atoms with Crippen LogP contribution >= 0.6 is 11.8 Å². The van der Waals surface area contributed by atoms with E-state index in [4.69, 9.17) is 5.73 Å². The standard InChI is InChI=1S/C9H18N2S/c1-2-6-11-9(10)8-5-3-4-7-12-8/h8H,2-7H2,1H3,(H2,10,11). The van der Waals surface area contributed by atoms with Crippen molar-refractivity contribution in [2.75, 3.05) is 12.3 Å². The van der Waals surface area contributed by atoms with E-state index in [1.54, 1.807) is 0 Å². The minimum Gasteiger partial charge on any atom is -0.387 e. The molecule has 1 unspecified atom stereocenters. The van der Waals surface area contributed by atoms with Crippen LogP contribution in [-0.4, -0.2) is 23.4 Å². The third kappa shape index (κ3) is 3.05. The topological polar surface area (TPSA) is 38.4 Å². The van der Waals surface area contributed by atoms with Gasteiger partial charge < -0.3 is 5.73 Å². The quantitative estimate of drug-likeness (QED) is 0.541. The van der Waals surface area contributed by atoms with Crippen LogP contribution in [0.3, 0.4) is 0 Å². The van der Waals surface area contributed by atoms with Gasteiger partial charge in [-0.15, -0.1) is 0 Å². The van der Waals surface area contributed by atoms with Crippen molar-refractivity contribution in [1.82, 2.24) is 0 Å². The highest BCUT2D eigenvalue weighted by Crippen LogP contribution is 2.24. The van der Waals surface area contributed by atoms with E-state index in [1.807, 2.05) is 11.8 Å². The molecule has 0 radical (unpaired) electrons. The Labute approximate surface area is 79.0 Å². The van der Waals surface area contributed by atoms with Gasteiger partial charge in [0, 0.05) is 6.54 Å². The third-order valence-electron chi connectivity index (χ3n) is 2.03. The van der Waals surface area contributed by atoms with Crippen LogP contribution in [0.1, 0.15) is 32.6 Å². The van der Waals surface area contributed by atoms with Crippen LogP contribution in [0, 0.1) is 0 Å². The van der Waals surface area contributed by atoms with Crippen LogP contribution < -0.4 is 5.73 Å². The molecular formula is C9H18N2S. The highest BCUT2D eigenvalue weighted by atomic mass is 32.2. The predicted molar refractivity (Wildman–Crippen MR) is 56.9 cm³/mol. The number of nitrogens with zero attached hydrogens (tertiary/aromatic N) is 1. The average Bonchev–Trinajstić information content (AvgIpc) is 2.15. The molecule has 0 aromatic carbocycles. The smallest absolute Gasteiger partial charge is 0.107 e. The maximum absolute atomic E-state index is 5.86. The van der Waals surface area contributed by atoms with Gasteiger partial charge in [0.25, 0.3) is 0 Å². The van der Waals surface area contributed by atoms with Gasteiger partial charge in [-0.1, -0.05) is 13.3 Å². The van der Waals surface area contributed by atoms with Crippen molar-refractivity contribution >= 4 is 17.6 Å².